The second kappa shape index (κ2) is 4.77. The van der Waals surface area contributed by atoms with Gasteiger partial charge in [-0.1, -0.05) is 35.3 Å². The highest BCUT2D eigenvalue weighted by Crippen LogP contribution is 2.29. The second-order valence-electron chi connectivity index (χ2n) is 4.17. The highest BCUT2D eigenvalue weighted by Gasteiger charge is 2.28. The van der Waals surface area contributed by atoms with E-state index in [4.69, 9.17) is 23.2 Å². The summed E-state index contributed by atoms with van der Waals surface area (Å²) >= 11 is 11.8. The first-order valence-electron chi connectivity index (χ1n) is 5.64. The summed E-state index contributed by atoms with van der Waals surface area (Å²) in [7, 11) is -3.63. The van der Waals surface area contributed by atoms with Crippen LogP contribution in [0.25, 0.3) is 0 Å². The Hall–Kier alpha value is -1.56. The number of rotatable bonds is 1. The predicted molar refractivity (Wildman–Crippen MR) is 80.2 cm³/mol. The van der Waals surface area contributed by atoms with Crippen LogP contribution in [0, 0.1) is 0 Å². The molecular weight excluding hydrogens is 319 g/mol. The minimum Gasteiger partial charge on any atom is -0.339 e. The zero-order valence-electron chi connectivity index (χ0n) is 9.97. The molecule has 0 aromatic heterocycles. The van der Waals surface area contributed by atoms with E-state index in [1.807, 2.05) is 0 Å². The molecule has 0 amide bonds. The van der Waals surface area contributed by atoms with Gasteiger partial charge >= 0.3 is 0 Å². The number of sulfonamides is 1. The molecule has 2 aromatic carbocycles. The normalized spacial score (nSPS) is 15.6. The molecular formula is C13H8Cl2N2O2S. The van der Waals surface area contributed by atoms with Crippen molar-refractivity contribution in [3.63, 3.8) is 0 Å². The molecule has 1 aliphatic heterocycles. The Labute approximate surface area is 126 Å². The third-order valence-corrected chi connectivity index (χ3v) is 4.89. The molecule has 0 unspecified atom stereocenters. The minimum absolute atomic E-state index is 0.197. The molecule has 2 aromatic rings. The molecule has 1 aliphatic rings. The second-order valence-corrected chi connectivity index (χ2v) is 6.55. The van der Waals surface area contributed by atoms with Gasteiger partial charge in [0.25, 0.3) is 10.0 Å². The van der Waals surface area contributed by atoms with E-state index in [1.165, 1.54) is 6.07 Å². The lowest BCUT2D eigenvalue weighted by Crippen LogP contribution is -2.11. The van der Waals surface area contributed by atoms with Crippen LogP contribution in [0.3, 0.4) is 0 Å². The van der Waals surface area contributed by atoms with Gasteiger partial charge in [-0.15, -0.1) is 4.40 Å². The van der Waals surface area contributed by atoms with Crippen molar-refractivity contribution < 1.29 is 8.42 Å². The molecule has 0 aliphatic carbocycles. The fraction of sp³-hybridized carbons (Fsp3) is 0. The lowest BCUT2D eigenvalue weighted by Gasteiger charge is -2.07. The van der Waals surface area contributed by atoms with Crippen LogP contribution >= 0.6 is 23.2 Å². The molecule has 20 heavy (non-hydrogen) atoms. The van der Waals surface area contributed by atoms with Crippen molar-refractivity contribution in [1.29, 1.82) is 0 Å². The number of nitrogens with one attached hydrogen (secondary N) is 1. The molecule has 1 heterocycles. The third kappa shape index (κ3) is 2.28. The standard InChI is InChI=1S/C13H8Cl2N2O2S/c14-10-6-5-8(7-11(10)15)16-13-9-3-1-2-4-12(9)20(18,19)17-13/h1-7H,(H,16,17). The number of benzene rings is 2. The maximum absolute atomic E-state index is 11.9. The summed E-state index contributed by atoms with van der Waals surface area (Å²) in [6, 6.07) is 11.6. The fourth-order valence-electron chi connectivity index (χ4n) is 1.91. The Morgan fingerprint density at radius 2 is 1.75 bits per heavy atom. The summed E-state index contributed by atoms with van der Waals surface area (Å²) in [5.41, 5.74) is 1.16. The smallest absolute Gasteiger partial charge is 0.285 e. The van der Waals surface area contributed by atoms with Crippen LogP contribution in [0.2, 0.25) is 10.0 Å². The maximum Gasteiger partial charge on any atom is 0.285 e. The van der Waals surface area contributed by atoms with Gasteiger partial charge < -0.3 is 5.32 Å². The third-order valence-electron chi connectivity index (χ3n) is 2.81. The van der Waals surface area contributed by atoms with E-state index in [2.05, 4.69) is 9.71 Å². The lowest BCUT2D eigenvalue weighted by atomic mass is 10.2. The van der Waals surface area contributed by atoms with Crippen molar-refractivity contribution in [1.82, 2.24) is 0 Å². The summed E-state index contributed by atoms with van der Waals surface area (Å²) in [4.78, 5) is 0.197. The molecule has 0 atom stereocenters. The Morgan fingerprint density at radius 1 is 1.00 bits per heavy atom. The Kier molecular flexibility index (Phi) is 3.20. The number of hydrogen-bond acceptors (Lipinski definition) is 3. The minimum atomic E-state index is -3.63. The summed E-state index contributed by atoms with van der Waals surface area (Å²) in [5, 5.41) is 3.76. The molecule has 0 saturated heterocycles. The first-order chi connectivity index (χ1) is 9.47. The van der Waals surface area contributed by atoms with Crippen LogP contribution < -0.4 is 5.32 Å². The average molecular weight is 327 g/mol. The van der Waals surface area contributed by atoms with Crippen LogP contribution in [-0.2, 0) is 10.0 Å². The van der Waals surface area contributed by atoms with E-state index in [1.54, 1.807) is 36.4 Å². The molecule has 0 saturated carbocycles. The molecule has 0 bridgehead atoms. The van der Waals surface area contributed by atoms with E-state index in [0.717, 1.165) is 0 Å². The predicted octanol–water partition coefficient (Wildman–Crippen LogP) is 3.55. The van der Waals surface area contributed by atoms with E-state index in [-0.39, 0.29) is 10.7 Å². The lowest BCUT2D eigenvalue weighted by molar-refractivity contribution is 0.599. The van der Waals surface area contributed by atoms with Gasteiger partial charge in [0.15, 0.2) is 5.84 Å². The molecule has 0 spiro atoms. The Bertz CT molecular complexity index is 832. The van der Waals surface area contributed by atoms with Crippen molar-refractivity contribution >= 4 is 44.7 Å². The first-order valence-corrected chi connectivity index (χ1v) is 7.83. The zero-order valence-corrected chi connectivity index (χ0v) is 12.3. The largest absolute Gasteiger partial charge is 0.339 e. The van der Waals surface area contributed by atoms with Gasteiger partial charge in [-0.25, -0.2) is 0 Å². The van der Waals surface area contributed by atoms with Gasteiger partial charge in [0, 0.05) is 11.3 Å². The fourth-order valence-corrected chi connectivity index (χ4v) is 3.38. The summed E-state index contributed by atoms with van der Waals surface area (Å²) in [5.74, 6) is 0.277. The van der Waals surface area contributed by atoms with Gasteiger partial charge in [-0.05, 0) is 30.3 Å². The van der Waals surface area contributed by atoms with Gasteiger partial charge in [0.1, 0.15) is 4.90 Å². The van der Waals surface area contributed by atoms with Crippen LogP contribution in [0.1, 0.15) is 5.56 Å². The van der Waals surface area contributed by atoms with E-state index in [9.17, 15) is 8.42 Å². The number of fused-ring (bicyclic) bond motifs is 1. The monoisotopic (exact) mass is 326 g/mol. The SMILES string of the molecule is O=S1(=O)N=C(Nc2ccc(Cl)c(Cl)c2)c2ccccc21. The molecule has 102 valence electrons. The number of nitrogens with zero attached hydrogens (tertiary/aromatic N) is 1. The van der Waals surface area contributed by atoms with Crippen LogP contribution in [-0.4, -0.2) is 14.3 Å². The van der Waals surface area contributed by atoms with E-state index < -0.39 is 10.0 Å². The van der Waals surface area contributed by atoms with Crippen LogP contribution in [0.4, 0.5) is 5.69 Å². The van der Waals surface area contributed by atoms with Crippen molar-refractivity contribution in [2.45, 2.75) is 4.90 Å². The molecule has 0 radical (unpaired) electrons. The van der Waals surface area contributed by atoms with Crippen molar-refractivity contribution in [2.75, 3.05) is 5.32 Å². The molecule has 7 heteroatoms. The van der Waals surface area contributed by atoms with Crippen LogP contribution in [0.15, 0.2) is 51.8 Å². The van der Waals surface area contributed by atoms with Crippen LogP contribution in [0.5, 0.6) is 0 Å². The van der Waals surface area contributed by atoms with Gasteiger partial charge in [-0.2, -0.15) is 8.42 Å². The first kappa shape index (κ1) is 13.4. The summed E-state index contributed by atoms with van der Waals surface area (Å²) in [6.45, 7) is 0. The molecule has 0 fully saturated rings. The summed E-state index contributed by atoms with van der Waals surface area (Å²) < 4.78 is 27.5. The molecule has 4 nitrogen and oxygen atoms in total. The average Bonchev–Trinajstić information content (AvgIpc) is 2.66. The number of anilines is 1. The quantitative estimate of drug-likeness (QED) is 0.871. The molecule has 1 N–H and O–H groups in total. The number of amidine groups is 1. The van der Waals surface area contributed by atoms with E-state index in [0.29, 0.717) is 21.3 Å². The van der Waals surface area contributed by atoms with Crippen molar-refractivity contribution in [3.05, 3.63) is 58.1 Å². The van der Waals surface area contributed by atoms with E-state index >= 15 is 0 Å². The maximum atomic E-state index is 11.9. The van der Waals surface area contributed by atoms with Crippen molar-refractivity contribution in [3.8, 4) is 0 Å². The number of halogens is 2. The highest BCUT2D eigenvalue weighted by molar-refractivity contribution is 7.90. The summed E-state index contributed by atoms with van der Waals surface area (Å²) in [6.07, 6.45) is 0. The highest BCUT2D eigenvalue weighted by atomic mass is 35.5. The Morgan fingerprint density at radius 3 is 2.50 bits per heavy atom. The number of hydrogen-bond donors (Lipinski definition) is 1. The zero-order chi connectivity index (χ0) is 14.3. The van der Waals surface area contributed by atoms with Gasteiger partial charge in [0.2, 0.25) is 0 Å². The van der Waals surface area contributed by atoms with Gasteiger partial charge in [0.05, 0.1) is 10.0 Å². The van der Waals surface area contributed by atoms with Crippen molar-refractivity contribution in [2.24, 2.45) is 4.40 Å². The Balaban J connectivity index is 2.02. The molecule has 3 rings (SSSR count). The van der Waals surface area contributed by atoms with Gasteiger partial charge in [-0.3, -0.25) is 0 Å². The topological polar surface area (TPSA) is 58.5 Å².